The Morgan fingerprint density at radius 1 is 1.50 bits per heavy atom. The van der Waals surface area contributed by atoms with Crippen molar-refractivity contribution in [1.82, 2.24) is 15.0 Å². The predicted molar refractivity (Wildman–Crippen MR) is 79.6 cm³/mol. The van der Waals surface area contributed by atoms with Crippen LogP contribution >= 0.6 is 11.3 Å². The lowest BCUT2D eigenvalue weighted by Crippen LogP contribution is -2.32. The van der Waals surface area contributed by atoms with Crippen molar-refractivity contribution in [3.05, 3.63) is 34.1 Å². The van der Waals surface area contributed by atoms with Gasteiger partial charge >= 0.3 is 0 Å². The average Bonchev–Trinajstić information content (AvgIpc) is 3.20. The summed E-state index contributed by atoms with van der Waals surface area (Å²) < 4.78 is 11.1. The van der Waals surface area contributed by atoms with Crippen molar-refractivity contribution in [2.45, 2.75) is 25.4 Å². The molecule has 22 heavy (non-hydrogen) atoms. The third kappa shape index (κ3) is 2.44. The van der Waals surface area contributed by atoms with Crippen molar-refractivity contribution in [3.8, 4) is 0 Å². The van der Waals surface area contributed by atoms with E-state index in [4.69, 9.17) is 9.26 Å². The smallest absolute Gasteiger partial charge is 0.232 e. The lowest BCUT2D eigenvalue weighted by atomic mass is 9.93. The summed E-state index contributed by atoms with van der Waals surface area (Å²) in [5.74, 6) is 1.80. The minimum Gasteiger partial charge on any atom is -0.375 e. The maximum Gasteiger partial charge on any atom is 0.232 e. The standard InChI is InChI=1S/C15H17N3O3S/c1-9-16-15(21-17-9)12-7-20-13-6-18(5-11(12)13)14(19)4-10-2-3-22-8-10/h2-3,8,11-13H,4-7H2,1H3/t11-,12-,13-/m1/s1. The molecule has 0 aliphatic carbocycles. The second-order valence-corrected chi connectivity index (χ2v) is 6.71. The third-order valence-electron chi connectivity index (χ3n) is 4.46. The minimum atomic E-state index is 0.0867. The zero-order valence-corrected chi connectivity index (χ0v) is 13.1. The van der Waals surface area contributed by atoms with Crippen LogP contribution in [-0.4, -0.2) is 46.7 Å². The maximum absolute atomic E-state index is 12.4. The number of fused-ring (bicyclic) bond motifs is 1. The normalized spacial score (nSPS) is 27.3. The number of amides is 1. The number of thiophene rings is 1. The number of carbonyl (C=O) groups excluding carboxylic acids is 1. The molecule has 0 radical (unpaired) electrons. The van der Waals surface area contributed by atoms with Crippen molar-refractivity contribution in [3.63, 3.8) is 0 Å². The Morgan fingerprint density at radius 3 is 3.14 bits per heavy atom. The molecule has 3 atom stereocenters. The van der Waals surface area contributed by atoms with Gasteiger partial charge in [0.15, 0.2) is 5.82 Å². The van der Waals surface area contributed by atoms with Crippen molar-refractivity contribution in [2.24, 2.45) is 5.92 Å². The first-order valence-corrected chi connectivity index (χ1v) is 8.35. The van der Waals surface area contributed by atoms with E-state index in [2.05, 4.69) is 10.1 Å². The van der Waals surface area contributed by atoms with Gasteiger partial charge in [0, 0.05) is 19.0 Å². The molecule has 4 heterocycles. The summed E-state index contributed by atoms with van der Waals surface area (Å²) >= 11 is 1.62. The molecule has 0 spiro atoms. The fourth-order valence-electron chi connectivity index (χ4n) is 3.31. The highest BCUT2D eigenvalue weighted by Gasteiger charge is 2.47. The van der Waals surface area contributed by atoms with E-state index in [9.17, 15) is 4.79 Å². The number of carbonyl (C=O) groups is 1. The van der Waals surface area contributed by atoms with Gasteiger partial charge in [-0.05, 0) is 29.3 Å². The fourth-order valence-corrected chi connectivity index (χ4v) is 3.98. The molecule has 6 nitrogen and oxygen atoms in total. The highest BCUT2D eigenvalue weighted by Crippen LogP contribution is 2.39. The van der Waals surface area contributed by atoms with E-state index in [-0.39, 0.29) is 23.8 Å². The number of likely N-dealkylation sites (tertiary alicyclic amines) is 1. The highest BCUT2D eigenvalue weighted by atomic mass is 32.1. The van der Waals surface area contributed by atoms with E-state index in [0.717, 1.165) is 5.56 Å². The molecule has 2 saturated heterocycles. The molecule has 0 saturated carbocycles. The predicted octanol–water partition coefficient (Wildman–Crippen LogP) is 1.62. The van der Waals surface area contributed by atoms with Crippen LogP contribution in [0, 0.1) is 12.8 Å². The minimum absolute atomic E-state index is 0.0867. The molecular weight excluding hydrogens is 302 g/mol. The van der Waals surface area contributed by atoms with E-state index in [1.165, 1.54) is 0 Å². The van der Waals surface area contributed by atoms with Gasteiger partial charge in [0.25, 0.3) is 0 Å². The molecule has 0 aromatic carbocycles. The molecule has 2 aromatic heterocycles. The second-order valence-electron chi connectivity index (χ2n) is 5.93. The Bertz CT molecular complexity index is 669. The quantitative estimate of drug-likeness (QED) is 0.860. The summed E-state index contributed by atoms with van der Waals surface area (Å²) in [5.41, 5.74) is 1.08. The molecule has 4 rings (SSSR count). The molecule has 7 heteroatoms. The van der Waals surface area contributed by atoms with Gasteiger partial charge < -0.3 is 14.2 Å². The average molecular weight is 319 g/mol. The van der Waals surface area contributed by atoms with Gasteiger partial charge in [-0.25, -0.2) is 0 Å². The SMILES string of the molecule is Cc1noc([C@@H]2CO[C@@H]3CN(C(=O)Cc4ccsc4)C[C@@H]32)n1. The second kappa shape index (κ2) is 5.48. The number of nitrogens with zero attached hydrogens (tertiary/aromatic N) is 3. The van der Waals surface area contributed by atoms with E-state index >= 15 is 0 Å². The van der Waals surface area contributed by atoms with Crippen LogP contribution in [0.1, 0.15) is 23.2 Å². The van der Waals surface area contributed by atoms with Crippen molar-refractivity contribution >= 4 is 17.2 Å². The van der Waals surface area contributed by atoms with Crippen LogP contribution in [-0.2, 0) is 16.0 Å². The van der Waals surface area contributed by atoms with Crippen molar-refractivity contribution in [1.29, 1.82) is 0 Å². The van der Waals surface area contributed by atoms with Crippen LogP contribution in [0.5, 0.6) is 0 Å². The number of ether oxygens (including phenoxy) is 1. The van der Waals surface area contributed by atoms with Gasteiger partial charge in [0.2, 0.25) is 11.8 Å². The van der Waals surface area contributed by atoms with Gasteiger partial charge in [-0.2, -0.15) is 16.3 Å². The molecule has 2 fully saturated rings. The summed E-state index contributed by atoms with van der Waals surface area (Å²) in [7, 11) is 0. The molecule has 0 N–H and O–H groups in total. The molecule has 2 aliphatic rings. The topological polar surface area (TPSA) is 68.5 Å². The molecule has 2 aromatic rings. The summed E-state index contributed by atoms with van der Waals surface area (Å²) in [6.45, 7) is 3.78. The Hall–Kier alpha value is -1.73. The molecule has 1 amide bonds. The Labute approximate surface area is 132 Å². The Kier molecular flexibility index (Phi) is 3.46. The van der Waals surface area contributed by atoms with E-state index in [1.807, 2.05) is 28.7 Å². The van der Waals surface area contributed by atoms with Gasteiger partial charge in [-0.3, -0.25) is 4.79 Å². The Morgan fingerprint density at radius 2 is 2.41 bits per heavy atom. The van der Waals surface area contributed by atoms with Crippen molar-refractivity contribution in [2.75, 3.05) is 19.7 Å². The van der Waals surface area contributed by atoms with Gasteiger partial charge in [0.1, 0.15) is 0 Å². The lowest BCUT2D eigenvalue weighted by molar-refractivity contribution is -0.130. The first-order valence-electron chi connectivity index (χ1n) is 7.41. The maximum atomic E-state index is 12.4. The van der Waals surface area contributed by atoms with Crippen LogP contribution < -0.4 is 0 Å². The molecule has 116 valence electrons. The van der Waals surface area contributed by atoms with Crippen LogP contribution in [0.4, 0.5) is 0 Å². The first-order chi connectivity index (χ1) is 10.7. The van der Waals surface area contributed by atoms with Crippen molar-refractivity contribution < 1.29 is 14.1 Å². The Balaban J connectivity index is 1.44. The van der Waals surface area contributed by atoms with Crippen LogP contribution in [0.15, 0.2) is 21.3 Å². The molecule has 0 unspecified atom stereocenters. The summed E-state index contributed by atoms with van der Waals surface area (Å²) in [6, 6.07) is 2.00. The van der Waals surface area contributed by atoms with Gasteiger partial charge in [0.05, 0.1) is 25.0 Å². The van der Waals surface area contributed by atoms with Crippen LogP contribution in [0.2, 0.25) is 0 Å². The zero-order chi connectivity index (χ0) is 15.1. The third-order valence-corrected chi connectivity index (χ3v) is 5.20. The molecule has 2 aliphatic heterocycles. The van der Waals surface area contributed by atoms with E-state index in [0.29, 0.717) is 37.8 Å². The number of aryl methyl sites for hydroxylation is 1. The van der Waals surface area contributed by atoms with Gasteiger partial charge in [-0.1, -0.05) is 5.16 Å². The summed E-state index contributed by atoms with van der Waals surface area (Å²) in [4.78, 5) is 18.6. The zero-order valence-electron chi connectivity index (χ0n) is 12.3. The number of aromatic nitrogens is 2. The lowest BCUT2D eigenvalue weighted by Gasteiger charge is -2.18. The monoisotopic (exact) mass is 319 g/mol. The largest absolute Gasteiger partial charge is 0.375 e. The van der Waals surface area contributed by atoms with E-state index in [1.54, 1.807) is 11.3 Å². The highest BCUT2D eigenvalue weighted by molar-refractivity contribution is 7.07. The van der Waals surface area contributed by atoms with Gasteiger partial charge in [-0.15, -0.1) is 0 Å². The van der Waals surface area contributed by atoms with Crippen LogP contribution in [0.3, 0.4) is 0 Å². The fraction of sp³-hybridized carbons (Fsp3) is 0.533. The number of hydrogen-bond donors (Lipinski definition) is 0. The first kappa shape index (κ1) is 13.9. The summed E-state index contributed by atoms with van der Waals surface area (Å²) in [5, 5.41) is 7.88. The molecule has 0 bridgehead atoms. The number of hydrogen-bond acceptors (Lipinski definition) is 6. The number of rotatable bonds is 3. The van der Waals surface area contributed by atoms with E-state index < -0.39 is 0 Å². The molecular formula is C15H17N3O3S. The van der Waals surface area contributed by atoms with Crippen LogP contribution in [0.25, 0.3) is 0 Å². The summed E-state index contributed by atoms with van der Waals surface area (Å²) in [6.07, 6.45) is 0.552.